The first-order chi connectivity index (χ1) is 9.91. The summed E-state index contributed by atoms with van der Waals surface area (Å²) in [5.41, 5.74) is 5.39. The Morgan fingerprint density at radius 3 is 1.40 bits per heavy atom. The van der Waals surface area contributed by atoms with Gasteiger partial charge in [0.05, 0.1) is 0 Å². The van der Waals surface area contributed by atoms with E-state index in [0.717, 1.165) is 65.4 Å². The summed E-state index contributed by atoms with van der Waals surface area (Å²) in [6.07, 6.45) is 2.38. The van der Waals surface area contributed by atoms with Gasteiger partial charge in [-0.25, -0.2) is 0 Å². The van der Waals surface area contributed by atoms with Crippen LogP contribution in [-0.4, -0.2) is 72.0 Å². The molecule has 0 aliphatic heterocycles. The second-order valence-corrected chi connectivity index (χ2v) is 4.89. The van der Waals surface area contributed by atoms with E-state index in [0.29, 0.717) is 6.54 Å². The Morgan fingerprint density at radius 2 is 0.950 bits per heavy atom. The molecule has 0 spiro atoms. The van der Waals surface area contributed by atoms with Crippen LogP contribution in [0.15, 0.2) is 0 Å². The quantitative estimate of drug-likeness (QED) is 0.187. The van der Waals surface area contributed by atoms with Gasteiger partial charge in [0.1, 0.15) is 0 Å². The minimum absolute atomic E-state index is 0.715. The van der Waals surface area contributed by atoms with E-state index in [9.17, 15) is 0 Å². The molecular weight excluding hydrogens is 252 g/mol. The Labute approximate surface area is 125 Å². The molecule has 7 N–H and O–H groups in total. The lowest BCUT2D eigenvalue weighted by atomic mass is 10.4. The monoisotopic (exact) mass is 288 g/mol. The molecule has 0 atom stereocenters. The molecule has 0 aliphatic carbocycles. The smallest absolute Gasteiger partial charge is 0.00772 e. The van der Waals surface area contributed by atoms with Crippen LogP contribution in [0.1, 0.15) is 19.8 Å². The van der Waals surface area contributed by atoms with Crippen molar-refractivity contribution in [3.05, 3.63) is 0 Å². The van der Waals surface area contributed by atoms with Gasteiger partial charge in [-0.15, -0.1) is 0 Å². The van der Waals surface area contributed by atoms with E-state index in [1.54, 1.807) is 0 Å². The molecule has 0 saturated carbocycles. The molecule has 0 aliphatic rings. The highest BCUT2D eigenvalue weighted by Crippen LogP contribution is 1.73. The van der Waals surface area contributed by atoms with Crippen molar-refractivity contribution in [2.45, 2.75) is 19.8 Å². The predicted octanol–water partition coefficient (Wildman–Crippen LogP) is -1.31. The number of nitrogens with two attached hydrogens (primary N) is 1. The summed E-state index contributed by atoms with van der Waals surface area (Å²) in [6.45, 7) is 13.3. The molecule has 0 unspecified atom stereocenters. The first-order valence-corrected chi connectivity index (χ1v) is 8.15. The summed E-state index contributed by atoms with van der Waals surface area (Å²) in [6, 6.07) is 0. The van der Waals surface area contributed by atoms with Gasteiger partial charge in [0.15, 0.2) is 0 Å². The highest BCUT2D eigenvalue weighted by Gasteiger charge is 1.90. The summed E-state index contributed by atoms with van der Waals surface area (Å²) >= 11 is 0. The van der Waals surface area contributed by atoms with E-state index in [1.165, 1.54) is 12.8 Å². The van der Waals surface area contributed by atoms with E-state index in [1.807, 2.05) is 0 Å². The number of hydrogen-bond donors (Lipinski definition) is 6. The van der Waals surface area contributed by atoms with Gasteiger partial charge in [0.25, 0.3) is 0 Å². The van der Waals surface area contributed by atoms with E-state index in [-0.39, 0.29) is 0 Å². The molecule has 6 heteroatoms. The largest absolute Gasteiger partial charge is 0.329 e. The van der Waals surface area contributed by atoms with Crippen molar-refractivity contribution in [2.75, 3.05) is 72.0 Å². The normalized spacial score (nSPS) is 11.1. The third kappa shape index (κ3) is 17.8. The molecular formula is C14H36N6. The average Bonchev–Trinajstić information content (AvgIpc) is 2.47. The van der Waals surface area contributed by atoms with Crippen molar-refractivity contribution < 1.29 is 0 Å². The fourth-order valence-corrected chi connectivity index (χ4v) is 1.77. The van der Waals surface area contributed by atoms with Gasteiger partial charge in [0, 0.05) is 52.4 Å². The molecule has 0 bridgehead atoms. The van der Waals surface area contributed by atoms with Crippen molar-refractivity contribution in [1.29, 1.82) is 0 Å². The number of rotatable bonds is 17. The van der Waals surface area contributed by atoms with Crippen LogP contribution < -0.4 is 32.3 Å². The van der Waals surface area contributed by atoms with Crippen LogP contribution in [0.4, 0.5) is 0 Å². The van der Waals surface area contributed by atoms with E-state index < -0.39 is 0 Å². The zero-order valence-electron chi connectivity index (χ0n) is 13.3. The highest BCUT2D eigenvalue weighted by molar-refractivity contribution is 4.57. The molecule has 0 aromatic heterocycles. The Bertz CT molecular complexity index is 150. The van der Waals surface area contributed by atoms with Gasteiger partial charge >= 0.3 is 0 Å². The third-order valence-corrected chi connectivity index (χ3v) is 2.89. The molecule has 6 nitrogen and oxygen atoms in total. The first kappa shape index (κ1) is 19.8. The standard InChI is InChI=1S/C14H36N6/c1-2-5-16-9-13-20-14-11-18-7-3-6-17-10-12-19-8-4-15/h16-20H,2-15H2,1H3. The SMILES string of the molecule is CCCNCCNCCNCCCNCCNCCN. The summed E-state index contributed by atoms with van der Waals surface area (Å²) in [7, 11) is 0. The first-order valence-electron chi connectivity index (χ1n) is 8.15. The number of nitrogens with one attached hydrogen (secondary N) is 5. The fraction of sp³-hybridized carbons (Fsp3) is 1.00. The van der Waals surface area contributed by atoms with Gasteiger partial charge in [-0.1, -0.05) is 6.92 Å². The van der Waals surface area contributed by atoms with Crippen molar-refractivity contribution in [3.8, 4) is 0 Å². The second-order valence-electron chi connectivity index (χ2n) is 4.89. The van der Waals surface area contributed by atoms with Crippen LogP contribution >= 0.6 is 0 Å². The van der Waals surface area contributed by atoms with Crippen LogP contribution in [0.3, 0.4) is 0 Å². The van der Waals surface area contributed by atoms with E-state index in [4.69, 9.17) is 5.73 Å². The topological polar surface area (TPSA) is 86.2 Å². The Kier molecular flexibility index (Phi) is 18.5. The molecule has 0 amide bonds. The third-order valence-electron chi connectivity index (χ3n) is 2.89. The Balaban J connectivity index is 2.89. The molecule has 122 valence electrons. The van der Waals surface area contributed by atoms with Gasteiger partial charge in [-0.05, 0) is 32.5 Å². The Morgan fingerprint density at radius 1 is 0.550 bits per heavy atom. The van der Waals surface area contributed by atoms with E-state index >= 15 is 0 Å². The van der Waals surface area contributed by atoms with Crippen molar-refractivity contribution in [2.24, 2.45) is 5.73 Å². The summed E-state index contributed by atoms with van der Waals surface area (Å²) in [5, 5.41) is 16.9. The Hall–Kier alpha value is -0.240. The van der Waals surface area contributed by atoms with Crippen molar-refractivity contribution >= 4 is 0 Å². The zero-order valence-corrected chi connectivity index (χ0v) is 13.3. The molecule has 0 aromatic rings. The molecule has 0 saturated heterocycles. The van der Waals surface area contributed by atoms with Gasteiger partial charge in [-0.3, -0.25) is 0 Å². The summed E-state index contributed by atoms with van der Waals surface area (Å²) in [4.78, 5) is 0. The average molecular weight is 288 g/mol. The van der Waals surface area contributed by atoms with E-state index in [2.05, 4.69) is 33.5 Å². The summed E-state index contributed by atoms with van der Waals surface area (Å²) in [5.74, 6) is 0. The van der Waals surface area contributed by atoms with Gasteiger partial charge < -0.3 is 32.3 Å². The fourth-order valence-electron chi connectivity index (χ4n) is 1.77. The zero-order chi connectivity index (χ0) is 14.7. The maximum absolute atomic E-state index is 5.39. The van der Waals surface area contributed by atoms with Crippen molar-refractivity contribution in [1.82, 2.24) is 26.6 Å². The lowest BCUT2D eigenvalue weighted by Gasteiger charge is -2.08. The maximum atomic E-state index is 5.39. The molecule has 0 heterocycles. The lowest BCUT2D eigenvalue weighted by molar-refractivity contribution is 0.553. The number of hydrogen-bond acceptors (Lipinski definition) is 6. The summed E-state index contributed by atoms with van der Waals surface area (Å²) < 4.78 is 0. The maximum Gasteiger partial charge on any atom is 0.00772 e. The van der Waals surface area contributed by atoms with Crippen molar-refractivity contribution in [3.63, 3.8) is 0 Å². The van der Waals surface area contributed by atoms with Crippen LogP contribution in [0.5, 0.6) is 0 Å². The molecule has 0 aromatic carbocycles. The van der Waals surface area contributed by atoms with Crippen LogP contribution in [0, 0.1) is 0 Å². The van der Waals surface area contributed by atoms with Crippen LogP contribution in [0.25, 0.3) is 0 Å². The van der Waals surface area contributed by atoms with Crippen LogP contribution in [-0.2, 0) is 0 Å². The second kappa shape index (κ2) is 18.8. The van der Waals surface area contributed by atoms with Gasteiger partial charge in [-0.2, -0.15) is 0 Å². The van der Waals surface area contributed by atoms with Gasteiger partial charge in [0.2, 0.25) is 0 Å². The lowest BCUT2D eigenvalue weighted by Crippen LogP contribution is -2.34. The molecule has 0 rings (SSSR count). The molecule has 20 heavy (non-hydrogen) atoms. The highest BCUT2D eigenvalue weighted by atomic mass is 15.0. The molecule has 0 fully saturated rings. The predicted molar refractivity (Wildman–Crippen MR) is 88.3 cm³/mol. The van der Waals surface area contributed by atoms with Crippen LogP contribution in [0.2, 0.25) is 0 Å². The molecule has 0 radical (unpaired) electrons. The minimum atomic E-state index is 0.715. The minimum Gasteiger partial charge on any atom is -0.329 e.